The first kappa shape index (κ1) is 22.2. The SMILES string of the molecule is COC(=O)CC[C@H](NC(=O)N1CCc2[nH]cnc2[C@@H]1c1cc(F)ccc1F)C(=O)OC. The van der Waals surface area contributed by atoms with Gasteiger partial charge in [-0.3, -0.25) is 4.79 Å². The normalized spacial score (nSPS) is 16.3. The summed E-state index contributed by atoms with van der Waals surface area (Å²) >= 11 is 0. The number of imidazole rings is 1. The van der Waals surface area contributed by atoms with Gasteiger partial charge in [-0.2, -0.15) is 0 Å². The Morgan fingerprint density at radius 2 is 2.06 bits per heavy atom. The maximum atomic E-state index is 14.6. The van der Waals surface area contributed by atoms with Crippen molar-refractivity contribution in [2.24, 2.45) is 0 Å². The second kappa shape index (κ2) is 9.54. The number of benzene rings is 1. The molecule has 0 saturated carbocycles. The van der Waals surface area contributed by atoms with Crippen molar-refractivity contribution in [1.82, 2.24) is 20.2 Å². The molecule has 31 heavy (non-hydrogen) atoms. The average Bonchev–Trinajstić information content (AvgIpc) is 3.25. The number of carbonyl (C=O) groups is 3. The zero-order valence-electron chi connectivity index (χ0n) is 17.0. The molecule has 0 spiro atoms. The number of nitrogens with one attached hydrogen (secondary N) is 2. The van der Waals surface area contributed by atoms with Crippen LogP contribution < -0.4 is 5.32 Å². The maximum Gasteiger partial charge on any atom is 0.328 e. The lowest BCUT2D eigenvalue weighted by Gasteiger charge is -2.36. The van der Waals surface area contributed by atoms with Gasteiger partial charge in [0.15, 0.2) is 0 Å². The third-order valence-corrected chi connectivity index (χ3v) is 5.09. The van der Waals surface area contributed by atoms with Crippen LogP contribution in [0.15, 0.2) is 24.5 Å². The first-order valence-electron chi connectivity index (χ1n) is 9.54. The molecule has 0 aliphatic carbocycles. The Hall–Kier alpha value is -3.50. The molecule has 1 aliphatic rings. The van der Waals surface area contributed by atoms with Crippen LogP contribution in [-0.4, -0.2) is 59.6 Å². The van der Waals surface area contributed by atoms with Crippen LogP contribution in [0.2, 0.25) is 0 Å². The van der Waals surface area contributed by atoms with Gasteiger partial charge in [0.1, 0.15) is 23.7 Å². The first-order chi connectivity index (χ1) is 14.8. The van der Waals surface area contributed by atoms with E-state index in [2.05, 4.69) is 20.0 Å². The molecular formula is C20H22F2N4O5. The highest BCUT2D eigenvalue weighted by molar-refractivity contribution is 5.84. The fourth-order valence-electron chi connectivity index (χ4n) is 3.52. The summed E-state index contributed by atoms with van der Waals surface area (Å²) in [6, 6.07) is 0.133. The van der Waals surface area contributed by atoms with Crippen molar-refractivity contribution in [1.29, 1.82) is 0 Å². The molecule has 1 aromatic heterocycles. The zero-order chi connectivity index (χ0) is 22.5. The van der Waals surface area contributed by atoms with Crippen molar-refractivity contribution in [2.45, 2.75) is 31.3 Å². The molecule has 2 aromatic rings. The minimum atomic E-state index is -1.13. The smallest absolute Gasteiger partial charge is 0.328 e. The van der Waals surface area contributed by atoms with Crippen molar-refractivity contribution in [3.63, 3.8) is 0 Å². The quantitative estimate of drug-likeness (QED) is 0.668. The third-order valence-electron chi connectivity index (χ3n) is 5.09. The standard InChI is InChI=1S/C20H22F2N4O5/c1-30-16(27)6-5-15(19(28)31-2)25-20(29)26-8-7-14-17(24-10-23-14)18(26)12-9-11(21)3-4-13(12)22/h3-4,9-10,15,18H,5-8H2,1-2H3,(H,23,24)(H,25,29)/t15-,18-/m0/s1. The number of hydrogen-bond donors (Lipinski definition) is 2. The number of H-pyrrole nitrogens is 1. The van der Waals surface area contributed by atoms with E-state index in [-0.39, 0.29) is 24.9 Å². The number of carbonyl (C=O) groups excluding carboxylic acids is 3. The van der Waals surface area contributed by atoms with Gasteiger partial charge in [-0.25, -0.2) is 23.4 Å². The largest absolute Gasteiger partial charge is 0.469 e. The number of urea groups is 1. The summed E-state index contributed by atoms with van der Waals surface area (Å²) in [5.41, 5.74) is 1.02. The van der Waals surface area contributed by atoms with E-state index < -0.39 is 41.7 Å². The van der Waals surface area contributed by atoms with Crippen molar-refractivity contribution in [3.8, 4) is 0 Å². The lowest BCUT2D eigenvalue weighted by atomic mass is 9.95. The maximum absolute atomic E-state index is 14.6. The van der Waals surface area contributed by atoms with Gasteiger partial charge in [-0.15, -0.1) is 0 Å². The fraction of sp³-hybridized carbons (Fsp3) is 0.400. The van der Waals surface area contributed by atoms with E-state index in [9.17, 15) is 23.2 Å². The lowest BCUT2D eigenvalue weighted by molar-refractivity contribution is -0.144. The molecule has 11 heteroatoms. The highest BCUT2D eigenvalue weighted by Gasteiger charge is 2.37. The zero-order valence-corrected chi connectivity index (χ0v) is 17.0. The Morgan fingerprint density at radius 1 is 1.29 bits per heavy atom. The molecule has 1 aliphatic heterocycles. The minimum absolute atomic E-state index is 0.0500. The van der Waals surface area contributed by atoms with Gasteiger partial charge in [0.05, 0.1) is 26.2 Å². The molecule has 0 bridgehead atoms. The molecule has 0 fully saturated rings. The van der Waals surface area contributed by atoms with Crippen molar-refractivity contribution >= 4 is 18.0 Å². The van der Waals surface area contributed by atoms with Crippen LogP contribution in [0.3, 0.4) is 0 Å². The summed E-state index contributed by atoms with van der Waals surface area (Å²) in [7, 11) is 2.36. The number of methoxy groups -OCH3 is 2. The summed E-state index contributed by atoms with van der Waals surface area (Å²) in [5, 5.41) is 2.52. The highest BCUT2D eigenvalue weighted by Crippen LogP contribution is 2.35. The Morgan fingerprint density at radius 3 is 2.77 bits per heavy atom. The number of amides is 2. The summed E-state index contributed by atoms with van der Waals surface area (Å²) in [6.07, 6.45) is 1.65. The number of esters is 2. The van der Waals surface area contributed by atoms with Gasteiger partial charge in [-0.05, 0) is 24.6 Å². The van der Waals surface area contributed by atoms with E-state index in [0.717, 1.165) is 25.3 Å². The number of fused-ring (bicyclic) bond motifs is 1. The van der Waals surface area contributed by atoms with Crippen molar-refractivity contribution in [3.05, 3.63) is 53.1 Å². The molecule has 2 amide bonds. The molecule has 0 saturated heterocycles. The van der Waals surface area contributed by atoms with Crippen molar-refractivity contribution in [2.75, 3.05) is 20.8 Å². The minimum Gasteiger partial charge on any atom is -0.469 e. The molecule has 0 radical (unpaired) electrons. The molecular weight excluding hydrogens is 414 g/mol. The number of halogens is 2. The van der Waals surface area contributed by atoms with Gasteiger partial charge in [-0.1, -0.05) is 0 Å². The number of aromatic amines is 1. The summed E-state index contributed by atoms with van der Waals surface area (Å²) in [6.45, 7) is 0.159. The Labute approximate surface area is 176 Å². The van der Waals surface area contributed by atoms with Gasteiger partial charge >= 0.3 is 18.0 Å². The molecule has 2 atom stereocenters. The molecule has 2 heterocycles. The summed E-state index contributed by atoms with van der Waals surface area (Å²) in [5.74, 6) is -2.66. The number of rotatable bonds is 6. The number of hydrogen-bond acceptors (Lipinski definition) is 6. The summed E-state index contributed by atoms with van der Waals surface area (Å²) < 4.78 is 37.7. The summed E-state index contributed by atoms with van der Waals surface area (Å²) in [4.78, 5) is 45.1. The van der Waals surface area contributed by atoms with Crippen LogP contribution in [-0.2, 0) is 25.5 Å². The van der Waals surface area contributed by atoms with Crippen LogP contribution in [0.25, 0.3) is 0 Å². The molecule has 1 aromatic carbocycles. The van der Waals surface area contributed by atoms with Gasteiger partial charge in [0.2, 0.25) is 0 Å². The average molecular weight is 436 g/mol. The third kappa shape index (κ3) is 4.81. The number of ether oxygens (including phenoxy) is 2. The number of nitrogens with zero attached hydrogens (tertiary/aromatic N) is 2. The number of aromatic nitrogens is 2. The predicted octanol–water partition coefficient (Wildman–Crippen LogP) is 1.84. The van der Waals surface area contributed by atoms with Crippen LogP contribution >= 0.6 is 0 Å². The predicted molar refractivity (Wildman–Crippen MR) is 103 cm³/mol. The second-order valence-electron chi connectivity index (χ2n) is 6.92. The van der Waals surface area contributed by atoms with E-state index in [1.165, 1.54) is 18.3 Å². The lowest BCUT2D eigenvalue weighted by Crippen LogP contribution is -2.51. The van der Waals surface area contributed by atoms with E-state index in [4.69, 9.17) is 4.74 Å². The Bertz CT molecular complexity index is 980. The van der Waals surface area contributed by atoms with Crippen molar-refractivity contribution < 1.29 is 32.6 Å². The molecule has 9 nitrogen and oxygen atoms in total. The molecule has 166 valence electrons. The van der Waals surface area contributed by atoms with Gasteiger partial charge in [0.25, 0.3) is 0 Å². The Balaban J connectivity index is 1.89. The van der Waals surface area contributed by atoms with Gasteiger partial charge in [0, 0.05) is 30.6 Å². The molecule has 0 unspecified atom stereocenters. The Kier molecular flexibility index (Phi) is 6.83. The monoisotopic (exact) mass is 436 g/mol. The van der Waals surface area contributed by atoms with Crippen LogP contribution in [0.4, 0.5) is 13.6 Å². The van der Waals surface area contributed by atoms with E-state index in [1.54, 1.807) is 0 Å². The van der Waals surface area contributed by atoms with Crippen LogP contribution in [0, 0.1) is 11.6 Å². The topological polar surface area (TPSA) is 114 Å². The van der Waals surface area contributed by atoms with E-state index >= 15 is 0 Å². The first-order valence-corrected chi connectivity index (χ1v) is 9.54. The fourth-order valence-corrected chi connectivity index (χ4v) is 3.52. The van der Waals surface area contributed by atoms with E-state index in [1.807, 2.05) is 0 Å². The van der Waals surface area contributed by atoms with Crippen LogP contribution in [0.5, 0.6) is 0 Å². The molecule has 3 rings (SSSR count). The van der Waals surface area contributed by atoms with Gasteiger partial charge < -0.3 is 24.7 Å². The van der Waals surface area contributed by atoms with Crippen LogP contribution in [0.1, 0.15) is 35.8 Å². The highest BCUT2D eigenvalue weighted by atomic mass is 19.1. The molecule has 2 N–H and O–H groups in total. The second-order valence-corrected chi connectivity index (χ2v) is 6.92. The van der Waals surface area contributed by atoms with E-state index in [0.29, 0.717) is 17.8 Å².